The Kier molecular flexibility index (Phi) is 3.99. The van der Waals surface area contributed by atoms with Crippen molar-refractivity contribution in [3.8, 4) is 0 Å². The third-order valence-corrected chi connectivity index (χ3v) is 4.50. The highest BCUT2D eigenvalue weighted by molar-refractivity contribution is 7.88. The van der Waals surface area contributed by atoms with E-state index in [0.29, 0.717) is 18.8 Å². The third kappa shape index (κ3) is 3.30. The molecule has 0 aliphatic carbocycles. The fourth-order valence-electron chi connectivity index (χ4n) is 2.68. The summed E-state index contributed by atoms with van der Waals surface area (Å²) in [6.45, 7) is 2.76. The molecule has 0 radical (unpaired) electrons. The summed E-state index contributed by atoms with van der Waals surface area (Å²) in [5.41, 5.74) is 1.63. The lowest BCUT2D eigenvalue weighted by Gasteiger charge is -2.33. The van der Waals surface area contributed by atoms with Crippen molar-refractivity contribution in [3.63, 3.8) is 0 Å². The first kappa shape index (κ1) is 15.8. The average molecular weight is 338 g/mol. The van der Waals surface area contributed by atoms with Crippen molar-refractivity contribution in [1.82, 2.24) is 19.4 Å². The van der Waals surface area contributed by atoms with E-state index < -0.39 is 10.0 Å². The van der Waals surface area contributed by atoms with E-state index in [4.69, 9.17) is 4.42 Å². The minimum absolute atomic E-state index is 0.175. The summed E-state index contributed by atoms with van der Waals surface area (Å²) in [4.78, 5) is 14.3. The van der Waals surface area contributed by atoms with Crippen LogP contribution in [0.1, 0.15) is 27.9 Å². The van der Waals surface area contributed by atoms with Crippen molar-refractivity contribution in [3.05, 3.63) is 41.6 Å². The van der Waals surface area contributed by atoms with Gasteiger partial charge in [-0.25, -0.2) is 13.1 Å². The van der Waals surface area contributed by atoms with Crippen LogP contribution in [-0.2, 0) is 16.6 Å². The number of nitrogens with zero attached hydrogens (tertiary/aromatic N) is 3. The maximum absolute atomic E-state index is 12.6. The number of aryl methyl sites for hydroxylation is 1. The molecule has 1 aliphatic heterocycles. The zero-order chi connectivity index (χ0) is 16.6. The van der Waals surface area contributed by atoms with Crippen LogP contribution in [0, 0.1) is 6.92 Å². The second-order valence-corrected chi connectivity index (χ2v) is 7.49. The zero-order valence-electron chi connectivity index (χ0n) is 12.9. The Morgan fingerprint density at radius 2 is 2.26 bits per heavy atom. The molecule has 1 amide bonds. The van der Waals surface area contributed by atoms with Crippen molar-refractivity contribution in [2.75, 3.05) is 19.3 Å². The van der Waals surface area contributed by atoms with Crippen LogP contribution in [-0.4, -0.2) is 48.4 Å². The van der Waals surface area contributed by atoms with Gasteiger partial charge in [-0.15, -0.1) is 0 Å². The molecule has 23 heavy (non-hydrogen) atoms. The molecule has 2 aromatic rings. The summed E-state index contributed by atoms with van der Waals surface area (Å²) in [5, 5.41) is 4.23. The van der Waals surface area contributed by atoms with Gasteiger partial charge >= 0.3 is 0 Å². The van der Waals surface area contributed by atoms with E-state index in [2.05, 4.69) is 9.82 Å². The van der Waals surface area contributed by atoms with Crippen molar-refractivity contribution in [1.29, 1.82) is 0 Å². The van der Waals surface area contributed by atoms with E-state index in [0.717, 1.165) is 17.5 Å². The van der Waals surface area contributed by atoms with E-state index in [1.54, 1.807) is 21.8 Å². The predicted octanol–water partition coefficient (Wildman–Crippen LogP) is 0.531. The smallest absolute Gasteiger partial charge is 0.290 e. The van der Waals surface area contributed by atoms with E-state index >= 15 is 0 Å². The van der Waals surface area contributed by atoms with Crippen LogP contribution in [0.25, 0.3) is 0 Å². The Bertz CT molecular complexity index is 823. The van der Waals surface area contributed by atoms with Gasteiger partial charge in [-0.3, -0.25) is 9.48 Å². The summed E-state index contributed by atoms with van der Waals surface area (Å²) >= 11 is 0. The molecule has 9 heteroatoms. The summed E-state index contributed by atoms with van der Waals surface area (Å²) < 4.78 is 32.2. The number of hydrogen-bond acceptors (Lipinski definition) is 5. The van der Waals surface area contributed by atoms with Crippen molar-refractivity contribution < 1.29 is 17.6 Å². The van der Waals surface area contributed by atoms with Gasteiger partial charge in [0.1, 0.15) is 0 Å². The van der Waals surface area contributed by atoms with Crippen LogP contribution in [0.5, 0.6) is 0 Å². The Morgan fingerprint density at radius 1 is 1.48 bits per heavy atom. The van der Waals surface area contributed by atoms with E-state index in [-0.39, 0.29) is 18.5 Å². The number of carbonyl (C=O) groups excluding carboxylic acids is 1. The number of aromatic nitrogens is 2. The van der Waals surface area contributed by atoms with Gasteiger partial charge in [0, 0.05) is 24.8 Å². The maximum Gasteiger partial charge on any atom is 0.290 e. The molecule has 0 saturated heterocycles. The lowest BCUT2D eigenvalue weighted by Crippen LogP contribution is -2.45. The molecular weight excluding hydrogens is 320 g/mol. The second kappa shape index (κ2) is 5.82. The molecule has 3 rings (SSSR count). The fourth-order valence-corrected chi connectivity index (χ4v) is 3.17. The molecule has 124 valence electrons. The molecule has 3 heterocycles. The summed E-state index contributed by atoms with van der Waals surface area (Å²) in [6, 6.07) is 3.30. The normalized spacial score (nSPS) is 18.0. The summed E-state index contributed by atoms with van der Waals surface area (Å²) in [6.07, 6.45) is 4.24. The van der Waals surface area contributed by atoms with Crippen molar-refractivity contribution in [2.24, 2.45) is 0 Å². The highest BCUT2D eigenvalue weighted by Gasteiger charge is 2.31. The first-order valence-corrected chi connectivity index (χ1v) is 9.04. The third-order valence-electron chi connectivity index (χ3n) is 3.81. The summed E-state index contributed by atoms with van der Waals surface area (Å²) in [7, 11) is -3.31. The van der Waals surface area contributed by atoms with Gasteiger partial charge in [0.25, 0.3) is 5.91 Å². The molecule has 1 atom stereocenters. The Morgan fingerprint density at radius 3 is 2.91 bits per heavy atom. The van der Waals surface area contributed by atoms with Crippen LogP contribution >= 0.6 is 0 Å². The molecule has 0 spiro atoms. The Labute approximate surface area is 134 Å². The Balaban J connectivity index is 1.83. The molecule has 0 bridgehead atoms. The number of carbonyl (C=O) groups is 1. The number of nitrogens with one attached hydrogen (secondary N) is 1. The second-order valence-electron chi connectivity index (χ2n) is 5.66. The van der Waals surface area contributed by atoms with Gasteiger partial charge in [0.05, 0.1) is 30.8 Å². The summed E-state index contributed by atoms with van der Waals surface area (Å²) in [5.74, 6) is 0.108. The molecular formula is C14H18N4O4S. The largest absolute Gasteiger partial charge is 0.459 e. The molecule has 1 aliphatic rings. The molecule has 2 aromatic heterocycles. The minimum Gasteiger partial charge on any atom is -0.459 e. The van der Waals surface area contributed by atoms with E-state index in [1.807, 2.05) is 13.0 Å². The number of rotatable bonds is 4. The minimum atomic E-state index is -3.31. The standard InChI is InChI=1S/C14H18N4O4S/c1-10-4-6-22-13(10)14(19)17-8-11-3-5-15-18(11)12(9-17)7-16-23(2,20)21/h3-6,12,16H,7-9H2,1-2H3/t12-/m1/s1. The topological polar surface area (TPSA) is 97.4 Å². The van der Waals surface area contributed by atoms with Gasteiger partial charge in [0.2, 0.25) is 10.0 Å². The van der Waals surface area contributed by atoms with E-state index in [1.165, 1.54) is 6.26 Å². The van der Waals surface area contributed by atoms with Crippen LogP contribution in [0.2, 0.25) is 0 Å². The molecule has 8 nitrogen and oxygen atoms in total. The molecule has 0 aromatic carbocycles. The monoisotopic (exact) mass is 338 g/mol. The van der Waals surface area contributed by atoms with E-state index in [9.17, 15) is 13.2 Å². The highest BCUT2D eigenvalue weighted by Crippen LogP contribution is 2.23. The van der Waals surface area contributed by atoms with Gasteiger partial charge in [0.15, 0.2) is 5.76 Å². The lowest BCUT2D eigenvalue weighted by molar-refractivity contribution is 0.0638. The maximum atomic E-state index is 12.6. The SMILES string of the molecule is Cc1ccoc1C(=O)N1Cc2ccnn2[C@H](CNS(C)(=O)=O)C1. The van der Waals surface area contributed by atoms with Crippen molar-refractivity contribution in [2.45, 2.75) is 19.5 Å². The van der Waals surface area contributed by atoms with Gasteiger partial charge in [-0.05, 0) is 19.1 Å². The van der Waals surface area contributed by atoms with Gasteiger partial charge in [-0.2, -0.15) is 5.10 Å². The number of sulfonamides is 1. The first-order chi connectivity index (χ1) is 10.8. The first-order valence-electron chi connectivity index (χ1n) is 7.15. The number of amides is 1. The predicted molar refractivity (Wildman–Crippen MR) is 82.3 cm³/mol. The fraction of sp³-hybridized carbons (Fsp3) is 0.429. The van der Waals surface area contributed by atoms with Crippen LogP contribution in [0.4, 0.5) is 0 Å². The van der Waals surface area contributed by atoms with Crippen LogP contribution in [0.15, 0.2) is 29.0 Å². The van der Waals surface area contributed by atoms with Gasteiger partial charge < -0.3 is 9.32 Å². The zero-order valence-corrected chi connectivity index (χ0v) is 13.7. The molecule has 0 saturated carbocycles. The molecule has 0 unspecified atom stereocenters. The Hall–Kier alpha value is -2.13. The van der Waals surface area contributed by atoms with Crippen LogP contribution in [0.3, 0.4) is 0 Å². The molecule has 0 fully saturated rings. The van der Waals surface area contributed by atoms with Crippen LogP contribution < -0.4 is 4.72 Å². The van der Waals surface area contributed by atoms with Crippen molar-refractivity contribution >= 4 is 15.9 Å². The molecule has 1 N–H and O–H groups in total. The lowest BCUT2D eigenvalue weighted by atomic mass is 10.1. The quantitative estimate of drug-likeness (QED) is 0.877. The number of fused-ring (bicyclic) bond motifs is 1. The number of furan rings is 1. The average Bonchev–Trinajstić information content (AvgIpc) is 3.11. The number of hydrogen-bond donors (Lipinski definition) is 1. The van der Waals surface area contributed by atoms with Gasteiger partial charge in [-0.1, -0.05) is 0 Å². The highest BCUT2D eigenvalue weighted by atomic mass is 32.2.